The number of rotatable bonds is 3. The highest BCUT2D eigenvalue weighted by atomic mass is 16.5. The zero-order valence-electron chi connectivity index (χ0n) is 13.4. The molecule has 3 heterocycles. The first kappa shape index (κ1) is 16.0. The van der Waals surface area contributed by atoms with Gasteiger partial charge in [0.05, 0.1) is 13.7 Å². The van der Waals surface area contributed by atoms with E-state index in [1.165, 1.54) is 7.11 Å². The second kappa shape index (κ2) is 7.16. The van der Waals surface area contributed by atoms with Crippen LogP contribution in [-0.4, -0.2) is 57.9 Å². The van der Waals surface area contributed by atoms with E-state index in [9.17, 15) is 9.59 Å². The molecular formula is C15H20N6O3. The molecule has 2 aromatic heterocycles. The summed E-state index contributed by atoms with van der Waals surface area (Å²) in [6.45, 7) is 1.37. The van der Waals surface area contributed by atoms with Gasteiger partial charge < -0.3 is 20.3 Å². The van der Waals surface area contributed by atoms with Gasteiger partial charge in [0.15, 0.2) is 11.5 Å². The Balaban J connectivity index is 1.51. The first-order valence-corrected chi connectivity index (χ1v) is 7.83. The number of fused-ring (bicyclic) bond motifs is 1. The van der Waals surface area contributed by atoms with Crippen LogP contribution >= 0.6 is 0 Å². The minimum absolute atomic E-state index is 0.0898. The number of hydrogen-bond acceptors (Lipinski definition) is 5. The highest BCUT2D eigenvalue weighted by molar-refractivity contribution is 5.74. The third-order valence-corrected chi connectivity index (χ3v) is 3.98. The van der Waals surface area contributed by atoms with Gasteiger partial charge in [-0.2, -0.15) is 0 Å². The summed E-state index contributed by atoms with van der Waals surface area (Å²) in [5.41, 5.74) is 0.732. The number of methoxy groups -OCH3 is 1. The van der Waals surface area contributed by atoms with Crippen LogP contribution in [0.3, 0.4) is 0 Å². The number of urea groups is 1. The van der Waals surface area contributed by atoms with E-state index < -0.39 is 0 Å². The highest BCUT2D eigenvalue weighted by Crippen LogP contribution is 2.11. The summed E-state index contributed by atoms with van der Waals surface area (Å²) in [6, 6.07) is 5.22. The first-order valence-electron chi connectivity index (χ1n) is 7.83. The molecule has 9 heteroatoms. The number of aromatic nitrogens is 3. The van der Waals surface area contributed by atoms with Crippen molar-refractivity contribution < 1.29 is 14.3 Å². The fourth-order valence-corrected chi connectivity index (χ4v) is 2.80. The number of amides is 3. The van der Waals surface area contributed by atoms with Crippen molar-refractivity contribution in [3.63, 3.8) is 0 Å². The molecule has 0 aliphatic carbocycles. The smallest absolute Gasteiger partial charge is 0.409 e. The number of pyridine rings is 1. The largest absolute Gasteiger partial charge is 0.453 e. The number of hydrogen-bond donors (Lipinski definition) is 2. The van der Waals surface area contributed by atoms with Crippen molar-refractivity contribution in [3.8, 4) is 0 Å². The van der Waals surface area contributed by atoms with Crippen LogP contribution in [0.1, 0.15) is 18.7 Å². The van der Waals surface area contributed by atoms with E-state index in [4.69, 9.17) is 4.74 Å². The van der Waals surface area contributed by atoms with Crippen molar-refractivity contribution in [1.29, 1.82) is 0 Å². The lowest BCUT2D eigenvalue weighted by Gasteiger charge is -2.32. The zero-order valence-corrected chi connectivity index (χ0v) is 13.4. The van der Waals surface area contributed by atoms with E-state index in [1.54, 1.807) is 4.90 Å². The van der Waals surface area contributed by atoms with Gasteiger partial charge in [-0.15, -0.1) is 10.2 Å². The van der Waals surface area contributed by atoms with Crippen molar-refractivity contribution in [1.82, 2.24) is 30.1 Å². The van der Waals surface area contributed by atoms with E-state index in [-0.39, 0.29) is 24.7 Å². The average Bonchev–Trinajstić information content (AvgIpc) is 3.03. The minimum atomic E-state index is -0.364. The fourth-order valence-electron chi connectivity index (χ4n) is 2.80. The van der Waals surface area contributed by atoms with Gasteiger partial charge in [0.25, 0.3) is 0 Å². The molecular weight excluding hydrogens is 312 g/mol. The predicted octanol–water partition coefficient (Wildman–Crippen LogP) is 0.759. The Morgan fingerprint density at radius 3 is 3.08 bits per heavy atom. The minimum Gasteiger partial charge on any atom is -0.453 e. The van der Waals surface area contributed by atoms with Gasteiger partial charge in [0, 0.05) is 25.3 Å². The molecule has 1 atom stereocenters. The molecule has 128 valence electrons. The lowest BCUT2D eigenvalue weighted by Crippen LogP contribution is -2.51. The van der Waals surface area contributed by atoms with Gasteiger partial charge in [0.1, 0.15) is 0 Å². The molecule has 0 radical (unpaired) electrons. The van der Waals surface area contributed by atoms with Crippen molar-refractivity contribution in [3.05, 3.63) is 30.2 Å². The molecule has 1 saturated heterocycles. The van der Waals surface area contributed by atoms with Crippen LogP contribution in [-0.2, 0) is 11.3 Å². The average molecular weight is 332 g/mol. The van der Waals surface area contributed by atoms with Crippen molar-refractivity contribution >= 4 is 17.8 Å². The van der Waals surface area contributed by atoms with Crippen molar-refractivity contribution in [2.24, 2.45) is 0 Å². The summed E-state index contributed by atoms with van der Waals surface area (Å²) >= 11 is 0. The maximum Gasteiger partial charge on any atom is 0.409 e. The quantitative estimate of drug-likeness (QED) is 0.864. The molecule has 2 aromatic rings. The Hall–Kier alpha value is -2.84. The van der Waals surface area contributed by atoms with Crippen LogP contribution in [0, 0.1) is 0 Å². The van der Waals surface area contributed by atoms with Gasteiger partial charge in [-0.25, -0.2) is 9.59 Å². The van der Waals surface area contributed by atoms with Gasteiger partial charge in [-0.1, -0.05) is 6.07 Å². The van der Waals surface area contributed by atoms with E-state index in [0.717, 1.165) is 18.5 Å². The highest BCUT2D eigenvalue weighted by Gasteiger charge is 2.25. The van der Waals surface area contributed by atoms with Gasteiger partial charge in [-0.05, 0) is 25.0 Å². The Morgan fingerprint density at radius 1 is 1.38 bits per heavy atom. The van der Waals surface area contributed by atoms with Gasteiger partial charge in [0.2, 0.25) is 0 Å². The van der Waals surface area contributed by atoms with Gasteiger partial charge in [-0.3, -0.25) is 4.40 Å². The number of nitrogens with one attached hydrogen (secondary N) is 2. The molecule has 1 aliphatic rings. The molecule has 0 saturated carbocycles. The summed E-state index contributed by atoms with van der Waals surface area (Å²) in [7, 11) is 1.36. The number of ether oxygens (including phenoxy) is 1. The van der Waals surface area contributed by atoms with Gasteiger partial charge >= 0.3 is 12.1 Å². The second-order valence-electron chi connectivity index (χ2n) is 5.63. The standard InChI is InChI=1S/C15H20N6O3/c1-24-15(23)20-7-4-5-11(10-20)17-14(22)16-9-13-19-18-12-6-2-3-8-21(12)13/h2-3,6,8,11H,4-5,7,9-10H2,1H3,(H2,16,17,22). The number of nitrogens with zero attached hydrogens (tertiary/aromatic N) is 4. The number of carbonyl (C=O) groups is 2. The third-order valence-electron chi connectivity index (χ3n) is 3.98. The first-order chi connectivity index (χ1) is 11.7. The van der Waals surface area contributed by atoms with Crippen LogP contribution in [0.4, 0.5) is 9.59 Å². The normalized spacial score (nSPS) is 17.5. The summed E-state index contributed by atoms with van der Waals surface area (Å²) in [6.07, 6.45) is 3.14. The van der Waals surface area contributed by atoms with Crippen LogP contribution in [0.25, 0.3) is 5.65 Å². The number of likely N-dealkylation sites (tertiary alicyclic amines) is 1. The van der Waals surface area contributed by atoms with E-state index in [2.05, 4.69) is 20.8 Å². The molecule has 3 amide bonds. The van der Waals surface area contributed by atoms with E-state index in [0.29, 0.717) is 18.9 Å². The molecule has 0 aromatic carbocycles. The maximum atomic E-state index is 12.1. The second-order valence-corrected chi connectivity index (χ2v) is 5.63. The maximum absolute atomic E-state index is 12.1. The summed E-state index contributed by atoms with van der Waals surface area (Å²) in [4.78, 5) is 25.2. The van der Waals surface area contributed by atoms with Crippen molar-refractivity contribution in [2.75, 3.05) is 20.2 Å². The Bertz CT molecular complexity index is 731. The topological polar surface area (TPSA) is 101 Å². The monoisotopic (exact) mass is 332 g/mol. The lowest BCUT2D eigenvalue weighted by atomic mass is 10.1. The van der Waals surface area contributed by atoms with E-state index in [1.807, 2.05) is 28.8 Å². The van der Waals surface area contributed by atoms with E-state index >= 15 is 0 Å². The number of piperidine rings is 1. The third kappa shape index (κ3) is 3.55. The predicted molar refractivity (Wildman–Crippen MR) is 85.4 cm³/mol. The molecule has 9 nitrogen and oxygen atoms in total. The molecule has 1 aliphatic heterocycles. The summed E-state index contributed by atoms with van der Waals surface area (Å²) < 4.78 is 6.54. The molecule has 24 heavy (non-hydrogen) atoms. The lowest BCUT2D eigenvalue weighted by molar-refractivity contribution is 0.108. The summed E-state index contributed by atoms with van der Waals surface area (Å²) in [5.74, 6) is 0.653. The zero-order chi connectivity index (χ0) is 16.9. The van der Waals surface area contributed by atoms with Crippen LogP contribution in [0.2, 0.25) is 0 Å². The van der Waals surface area contributed by atoms with Crippen LogP contribution in [0.15, 0.2) is 24.4 Å². The van der Waals surface area contributed by atoms with Crippen LogP contribution in [0.5, 0.6) is 0 Å². The molecule has 3 rings (SSSR count). The molecule has 1 unspecified atom stereocenters. The Labute approximate surface area is 139 Å². The fraction of sp³-hybridized carbons (Fsp3) is 0.467. The number of carbonyl (C=O) groups excluding carboxylic acids is 2. The molecule has 1 fully saturated rings. The van der Waals surface area contributed by atoms with Crippen LogP contribution < -0.4 is 10.6 Å². The summed E-state index contributed by atoms with van der Waals surface area (Å²) in [5, 5.41) is 13.8. The molecule has 2 N–H and O–H groups in total. The Morgan fingerprint density at radius 2 is 2.25 bits per heavy atom. The SMILES string of the molecule is COC(=O)N1CCCC(NC(=O)NCc2nnc3ccccn23)C1. The van der Waals surface area contributed by atoms with Crippen molar-refractivity contribution in [2.45, 2.75) is 25.4 Å². The molecule has 0 spiro atoms. The Kier molecular flexibility index (Phi) is 4.78. The molecule has 0 bridgehead atoms.